The first kappa shape index (κ1) is 18.6. The van der Waals surface area contributed by atoms with Gasteiger partial charge in [0.25, 0.3) is 10.0 Å². The van der Waals surface area contributed by atoms with Gasteiger partial charge in [-0.2, -0.15) is 13.2 Å². The van der Waals surface area contributed by atoms with Crippen LogP contribution in [0.5, 0.6) is 11.5 Å². The average molecular weight is 432 g/mol. The molecular formula is C16H11F3N2O5S2. The summed E-state index contributed by atoms with van der Waals surface area (Å²) in [6.45, 7) is 0.766. The van der Waals surface area contributed by atoms with Crippen molar-refractivity contribution in [3.63, 3.8) is 0 Å². The van der Waals surface area contributed by atoms with Crippen LogP contribution < -0.4 is 14.2 Å². The normalized spacial score (nSPS) is 14.1. The molecule has 2 aromatic heterocycles. The fourth-order valence-corrected chi connectivity index (χ4v) is 4.72. The molecular weight excluding hydrogens is 421 g/mol. The van der Waals surface area contributed by atoms with Gasteiger partial charge in [0.05, 0.1) is 15.5 Å². The molecule has 0 aliphatic carbocycles. The summed E-state index contributed by atoms with van der Waals surface area (Å²) in [6.07, 6.45) is -4.67. The Morgan fingerprint density at radius 1 is 1.07 bits per heavy atom. The SMILES string of the molecule is O=S(=O)(Nc1ccc2c(c1)OCCO2)c1csc(-c2cc(C(F)(F)F)on2)c1. The topological polar surface area (TPSA) is 90.7 Å². The molecule has 0 saturated carbocycles. The molecule has 1 aliphatic heterocycles. The third-order valence-corrected chi connectivity index (χ3v) is 6.18. The van der Waals surface area contributed by atoms with Crippen molar-refractivity contribution in [3.8, 4) is 22.1 Å². The summed E-state index contributed by atoms with van der Waals surface area (Å²) in [4.78, 5) is 0.112. The Morgan fingerprint density at radius 2 is 1.82 bits per heavy atom. The summed E-state index contributed by atoms with van der Waals surface area (Å²) in [5, 5.41) is 4.65. The number of aromatic nitrogens is 1. The number of sulfonamides is 1. The quantitative estimate of drug-likeness (QED) is 0.670. The van der Waals surface area contributed by atoms with Crippen LogP contribution in [-0.4, -0.2) is 26.8 Å². The summed E-state index contributed by atoms with van der Waals surface area (Å²) in [5.41, 5.74) is 0.163. The summed E-state index contributed by atoms with van der Waals surface area (Å²) in [5.74, 6) is -0.326. The second-order valence-electron chi connectivity index (χ2n) is 5.68. The van der Waals surface area contributed by atoms with Crippen molar-refractivity contribution in [2.75, 3.05) is 17.9 Å². The minimum Gasteiger partial charge on any atom is -0.486 e. The van der Waals surface area contributed by atoms with Gasteiger partial charge in [-0.05, 0) is 18.2 Å². The number of fused-ring (bicyclic) bond motifs is 1. The van der Waals surface area contributed by atoms with Crippen molar-refractivity contribution in [2.24, 2.45) is 0 Å². The lowest BCUT2D eigenvalue weighted by atomic mass is 10.3. The highest BCUT2D eigenvalue weighted by molar-refractivity contribution is 7.92. The Hall–Kier alpha value is -2.73. The number of nitrogens with zero attached hydrogens (tertiary/aromatic N) is 1. The first-order valence-electron chi connectivity index (χ1n) is 7.78. The van der Waals surface area contributed by atoms with E-state index in [1.807, 2.05) is 0 Å². The van der Waals surface area contributed by atoms with Gasteiger partial charge >= 0.3 is 6.18 Å². The first-order valence-corrected chi connectivity index (χ1v) is 10.1. The van der Waals surface area contributed by atoms with E-state index in [-0.39, 0.29) is 21.2 Å². The lowest BCUT2D eigenvalue weighted by Gasteiger charge is -2.19. The van der Waals surface area contributed by atoms with Gasteiger partial charge in [0.2, 0.25) is 5.76 Å². The fraction of sp³-hybridized carbons (Fsp3) is 0.188. The van der Waals surface area contributed by atoms with Crippen molar-refractivity contribution in [1.82, 2.24) is 5.16 Å². The van der Waals surface area contributed by atoms with E-state index < -0.39 is 22.0 Å². The Morgan fingerprint density at radius 3 is 2.54 bits per heavy atom. The predicted molar refractivity (Wildman–Crippen MR) is 93.1 cm³/mol. The minimum absolute atomic E-state index is 0.0990. The van der Waals surface area contributed by atoms with Crippen molar-refractivity contribution in [3.05, 3.63) is 41.5 Å². The van der Waals surface area contributed by atoms with E-state index in [0.717, 1.165) is 17.4 Å². The molecule has 12 heteroatoms. The molecule has 0 atom stereocenters. The minimum atomic E-state index is -4.67. The number of hydrogen-bond donors (Lipinski definition) is 1. The highest BCUT2D eigenvalue weighted by Gasteiger charge is 2.36. The molecule has 7 nitrogen and oxygen atoms in total. The van der Waals surface area contributed by atoms with Crippen LogP contribution in [0, 0.1) is 0 Å². The van der Waals surface area contributed by atoms with Gasteiger partial charge in [0, 0.05) is 17.5 Å². The van der Waals surface area contributed by atoms with Crippen molar-refractivity contribution < 1.29 is 35.6 Å². The first-order chi connectivity index (χ1) is 13.2. The lowest BCUT2D eigenvalue weighted by molar-refractivity contribution is -0.155. The predicted octanol–water partition coefficient (Wildman–Crippen LogP) is 3.99. The summed E-state index contributed by atoms with van der Waals surface area (Å²) in [7, 11) is -3.97. The van der Waals surface area contributed by atoms with Gasteiger partial charge in [0.15, 0.2) is 11.5 Å². The number of ether oxygens (including phenoxy) is 2. The van der Waals surface area contributed by atoms with Crippen LogP contribution in [0.15, 0.2) is 45.1 Å². The number of nitrogens with one attached hydrogen (secondary N) is 1. The van der Waals surface area contributed by atoms with E-state index in [0.29, 0.717) is 24.7 Å². The number of anilines is 1. The molecule has 0 saturated heterocycles. The van der Waals surface area contributed by atoms with Gasteiger partial charge in [-0.25, -0.2) is 8.42 Å². The van der Waals surface area contributed by atoms with E-state index in [9.17, 15) is 21.6 Å². The molecule has 0 radical (unpaired) electrons. The standard InChI is InChI=1S/C16H11F3N2O5S2/c17-16(18,19)15-7-11(20-26-15)14-6-10(8-27-14)28(22,23)21-9-1-2-12-13(5-9)25-4-3-24-12/h1-2,5-8,21H,3-4H2. The number of benzene rings is 1. The van der Waals surface area contributed by atoms with Crippen LogP contribution in [0.1, 0.15) is 5.76 Å². The van der Waals surface area contributed by atoms with E-state index in [2.05, 4.69) is 14.4 Å². The van der Waals surface area contributed by atoms with Crippen molar-refractivity contribution >= 4 is 27.0 Å². The van der Waals surface area contributed by atoms with Crippen LogP contribution in [-0.2, 0) is 16.2 Å². The van der Waals surface area contributed by atoms with Gasteiger partial charge < -0.3 is 14.0 Å². The Labute approximate surface area is 160 Å². The molecule has 0 spiro atoms. The second-order valence-corrected chi connectivity index (χ2v) is 8.28. The van der Waals surface area contributed by atoms with Crippen LogP contribution in [0.3, 0.4) is 0 Å². The number of thiophene rings is 1. The monoisotopic (exact) mass is 432 g/mol. The maximum absolute atomic E-state index is 12.6. The summed E-state index contributed by atoms with van der Waals surface area (Å²) in [6, 6.07) is 6.54. The summed E-state index contributed by atoms with van der Waals surface area (Å²) < 4.78 is 80.5. The highest BCUT2D eigenvalue weighted by Crippen LogP contribution is 2.36. The van der Waals surface area contributed by atoms with Crippen LogP contribution in [0.25, 0.3) is 10.6 Å². The highest BCUT2D eigenvalue weighted by atomic mass is 32.2. The van der Waals surface area contributed by atoms with Crippen molar-refractivity contribution in [1.29, 1.82) is 0 Å². The Balaban J connectivity index is 1.56. The molecule has 28 heavy (non-hydrogen) atoms. The smallest absolute Gasteiger partial charge is 0.452 e. The van der Waals surface area contributed by atoms with Gasteiger partial charge in [-0.15, -0.1) is 11.3 Å². The molecule has 4 rings (SSSR count). The molecule has 1 aliphatic rings. The molecule has 1 N–H and O–H groups in total. The fourth-order valence-electron chi connectivity index (χ4n) is 2.44. The van der Waals surface area contributed by atoms with Crippen molar-refractivity contribution in [2.45, 2.75) is 11.1 Å². The number of halogens is 3. The maximum atomic E-state index is 12.6. The third kappa shape index (κ3) is 3.64. The average Bonchev–Trinajstić information content (AvgIpc) is 3.30. The Bertz CT molecular complexity index is 1120. The van der Waals surface area contributed by atoms with E-state index in [4.69, 9.17) is 9.47 Å². The van der Waals surface area contributed by atoms with E-state index >= 15 is 0 Å². The van der Waals surface area contributed by atoms with Gasteiger partial charge in [-0.3, -0.25) is 4.72 Å². The molecule has 0 fully saturated rings. The number of rotatable bonds is 4. The summed E-state index contributed by atoms with van der Waals surface area (Å²) >= 11 is 0.933. The molecule has 0 amide bonds. The second kappa shape index (κ2) is 6.71. The maximum Gasteiger partial charge on any atom is 0.452 e. The number of alkyl halides is 3. The third-order valence-electron chi connectivity index (χ3n) is 3.72. The zero-order chi connectivity index (χ0) is 19.9. The molecule has 1 aromatic carbocycles. The Kier molecular flexibility index (Phi) is 4.46. The molecule has 3 heterocycles. The number of hydrogen-bond acceptors (Lipinski definition) is 7. The van der Waals surface area contributed by atoms with Gasteiger partial charge in [-0.1, -0.05) is 5.16 Å². The van der Waals surface area contributed by atoms with Crippen LogP contribution >= 0.6 is 11.3 Å². The van der Waals surface area contributed by atoms with E-state index in [1.54, 1.807) is 6.07 Å². The van der Waals surface area contributed by atoms with Gasteiger partial charge in [0.1, 0.15) is 18.9 Å². The molecule has 0 bridgehead atoms. The van der Waals surface area contributed by atoms with Crippen LogP contribution in [0.2, 0.25) is 0 Å². The van der Waals surface area contributed by atoms with Crippen LogP contribution in [0.4, 0.5) is 18.9 Å². The molecule has 148 valence electrons. The zero-order valence-electron chi connectivity index (χ0n) is 13.8. The zero-order valence-corrected chi connectivity index (χ0v) is 15.5. The molecule has 3 aromatic rings. The van der Waals surface area contributed by atoms with E-state index in [1.165, 1.54) is 23.6 Å². The largest absolute Gasteiger partial charge is 0.486 e. The molecule has 0 unspecified atom stereocenters. The lowest BCUT2D eigenvalue weighted by Crippen LogP contribution is -2.16.